The summed E-state index contributed by atoms with van der Waals surface area (Å²) < 4.78 is 47.2. The van der Waals surface area contributed by atoms with Crippen LogP contribution in [0.4, 0.5) is 8.78 Å². The highest BCUT2D eigenvalue weighted by Crippen LogP contribution is 2.46. The number of carbonyl (C=O) groups is 2. The van der Waals surface area contributed by atoms with Gasteiger partial charge in [0.1, 0.15) is 22.5 Å². The van der Waals surface area contributed by atoms with Gasteiger partial charge in [0.05, 0.1) is 36.6 Å². The van der Waals surface area contributed by atoms with Gasteiger partial charge in [0, 0.05) is 48.6 Å². The second-order valence-corrected chi connectivity index (χ2v) is 15.2. The molecule has 4 aliphatic rings. The van der Waals surface area contributed by atoms with E-state index in [4.69, 9.17) is 25.2 Å². The van der Waals surface area contributed by atoms with E-state index in [1.165, 1.54) is 0 Å². The fourth-order valence-corrected chi connectivity index (χ4v) is 8.15. The Morgan fingerprint density at radius 3 is 2.64 bits per heavy atom. The third-order valence-electron chi connectivity index (χ3n) is 11.2. The summed E-state index contributed by atoms with van der Waals surface area (Å²) in [5.74, 6) is -2.05. The quantitative estimate of drug-likeness (QED) is 0.279. The normalized spacial score (nSPS) is 26.7. The number of nitrogens with one attached hydrogen (secondary N) is 1. The molecule has 1 aromatic carbocycles. The Morgan fingerprint density at radius 1 is 1.10 bits per heavy atom. The molecular formula is C37H45F2N7O4. The van der Waals surface area contributed by atoms with Crippen LogP contribution in [0.3, 0.4) is 0 Å². The van der Waals surface area contributed by atoms with Gasteiger partial charge in [-0.1, -0.05) is 0 Å². The molecule has 2 aliphatic heterocycles. The van der Waals surface area contributed by atoms with Crippen molar-refractivity contribution in [2.75, 3.05) is 20.3 Å². The minimum Gasteiger partial charge on any atom is -0.494 e. The van der Waals surface area contributed by atoms with Crippen molar-refractivity contribution in [3.05, 3.63) is 41.6 Å². The summed E-state index contributed by atoms with van der Waals surface area (Å²) in [6, 6.07) is 8.84. The van der Waals surface area contributed by atoms with Gasteiger partial charge in [0.25, 0.3) is 17.7 Å². The summed E-state index contributed by atoms with van der Waals surface area (Å²) in [6.07, 6.45) is 4.37. The molecule has 50 heavy (non-hydrogen) atoms. The average molecular weight is 690 g/mol. The first-order chi connectivity index (χ1) is 23.8. The standard InChI is InChI=1S/C37H45F2N7O4/c1-20-27-11-7-22-16-29(45(32(22)42-27)19-37(38,39)12-5-13-50-36(2,3)35(48)41-20)33-43-28-15-23(17-30(49-4)31(28)46(33)24-9-10-24)34(47)44-18-26(40)21-6-8-25(44)14-21/h7,11,15-17,20-21,24-26H,5-6,8-10,12-14,18-19,40H2,1-4H3,(H,41,48)/t20-,21+,25+,26+/m1/s1. The molecule has 4 atom stereocenters. The van der Waals surface area contributed by atoms with Crippen LogP contribution in [0.15, 0.2) is 30.3 Å². The Labute approximate surface area is 289 Å². The van der Waals surface area contributed by atoms with E-state index in [9.17, 15) is 9.59 Å². The van der Waals surface area contributed by atoms with Crippen molar-refractivity contribution in [2.24, 2.45) is 11.7 Å². The Morgan fingerprint density at radius 2 is 1.88 bits per heavy atom. The molecule has 4 aromatic rings. The number of pyridine rings is 1. The molecule has 0 spiro atoms. The van der Waals surface area contributed by atoms with E-state index >= 15 is 8.78 Å². The Kier molecular flexibility index (Phi) is 7.94. The van der Waals surface area contributed by atoms with Crippen molar-refractivity contribution in [2.45, 2.75) is 108 Å². The SMILES string of the molecule is COc1cc(C(=O)N2C[C@H](N)[C@H]3CC[C@H]2C3)cc2nc(-c3cc4ccc5nc4n3CC(F)(F)CCCOC(C)(C)C(=O)N[C@@H]5C)n(C3CC3)c12. The van der Waals surface area contributed by atoms with Gasteiger partial charge >= 0.3 is 0 Å². The number of hydrogen-bond donors (Lipinski definition) is 2. The number of nitrogens with two attached hydrogens (primary N) is 1. The van der Waals surface area contributed by atoms with Crippen molar-refractivity contribution >= 4 is 33.9 Å². The number of fused-ring (bicyclic) bond motifs is 4. The predicted molar refractivity (Wildman–Crippen MR) is 184 cm³/mol. The van der Waals surface area contributed by atoms with E-state index in [-0.39, 0.29) is 43.0 Å². The van der Waals surface area contributed by atoms with E-state index in [1.807, 2.05) is 30.0 Å². The fraction of sp³-hybridized carbons (Fsp3) is 0.568. The number of ether oxygens (including phenoxy) is 2. The first-order valence-corrected chi connectivity index (χ1v) is 17.8. The predicted octanol–water partition coefficient (Wildman–Crippen LogP) is 5.75. The van der Waals surface area contributed by atoms with Crippen LogP contribution in [-0.2, 0) is 16.1 Å². The zero-order valence-corrected chi connectivity index (χ0v) is 29.0. The van der Waals surface area contributed by atoms with E-state index < -0.39 is 30.5 Å². The summed E-state index contributed by atoms with van der Waals surface area (Å²) in [6.45, 7) is 5.02. The number of hydrogen-bond acceptors (Lipinski definition) is 7. The first-order valence-electron chi connectivity index (χ1n) is 17.8. The van der Waals surface area contributed by atoms with Gasteiger partial charge < -0.3 is 34.6 Å². The second kappa shape index (κ2) is 12.0. The van der Waals surface area contributed by atoms with Crippen molar-refractivity contribution in [1.29, 1.82) is 0 Å². The van der Waals surface area contributed by atoms with Crippen molar-refractivity contribution < 1.29 is 27.8 Å². The first kappa shape index (κ1) is 33.1. The van der Waals surface area contributed by atoms with Gasteiger partial charge in [-0.25, -0.2) is 18.7 Å². The summed E-state index contributed by atoms with van der Waals surface area (Å²) in [5, 5.41) is 3.66. The molecule has 2 saturated carbocycles. The van der Waals surface area contributed by atoms with Gasteiger partial charge in [-0.15, -0.1) is 0 Å². The number of alkyl halides is 2. The summed E-state index contributed by atoms with van der Waals surface area (Å²) in [5.41, 5.74) is 8.47. The van der Waals surface area contributed by atoms with E-state index in [0.29, 0.717) is 57.5 Å². The molecule has 0 unspecified atom stereocenters. The van der Waals surface area contributed by atoms with Crippen molar-refractivity contribution in [3.8, 4) is 17.3 Å². The largest absolute Gasteiger partial charge is 0.494 e. The lowest BCUT2D eigenvalue weighted by Crippen LogP contribution is -2.51. The monoisotopic (exact) mass is 689 g/mol. The molecule has 0 radical (unpaired) electrons. The number of piperidine rings is 1. The number of rotatable bonds is 4. The maximum Gasteiger partial charge on any atom is 0.265 e. The maximum atomic E-state index is 15.9. The highest BCUT2D eigenvalue weighted by Gasteiger charge is 2.42. The number of imidazole rings is 1. The zero-order chi connectivity index (χ0) is 35.1. The van der Waals surface area contributed by atoms with Crippen LogP contribution >= 0.6 is 0 Å². The molecule has 3 N–H and O–H groups in total. The van der Waals surface area contributed by atoms with Crippen LogP contribution < -0.4 is 15.8 Å². The van der Waals surface area contributed by atoms with Gasteiger partial charge in [0.15, 0.2) is 5.82 Å². The number of benzene rings is 1. The van der Waals surface area contributed by atoms with Gasteiger partial charge in [-0.3, -0.25) is 9.59 Å². The van der Waals surface area contributed by atoms with Gasteiger partial charge in [-0.05, 0) is 95.5 Å². The number of halogens is 2. The minimum absolute atomic E-state index is 0.0187. The number of methoxy groups -OCH3 is 1. The summed E-state index contributed by atoms with van der Waals surface area (Å²) >= 11 is 0. The Bertz CT molecular complexity index is 2000. The van der Waals surface area contributed by atoms with Gasteiger partial charge in [-0.2, -0.15) is 0 Å². The molecule has 11 nitrogen and oxygen atoms in total. The Balaban J connectivity index is 1.27. The molecule has 8 rings (SSSR count). The van der Waals surface area contributed by atoms with Crippen LogP contribution in [0.25, 0.3) is 33.6 Å². The third-order valence-corrected chi connectivity index (χ3v) is 11.2. The third kappa shape index (κ3) is 5.71. The molecular weight excluding hydrogens is 644 g/mol. The molecule has 5 heterocycles. The zero-order valence-electron chi connectivity index (χ0n) is 29.0. The van der Waals surface area contributed by atoms with E-state index in [1.54, 1.807) is 37.7 Å². The number of amides is 2. The minimum atomic E-state index is -3.11. The van der Waals surface area contributed by atoms with Crippen LogP contribution in [0.5, 0.6) is 5.75 Å². The average Bonchev–Trinajstić information content (AvgIpc) is 3.56. The van der Waals surface area contributed by atoms with Crippen molar-refractivity contribution in [3.63, 3.8) is 0 Å². The summed E-state index contributed by atoms with van der Waals surface area (Å²) in [4.78, 5) is 39.0. The lowest BCUT2D eigenvalue weighted by Gasteiger charge is -2.37. The molecule has 266 valence electrons. The molecule has 4 bridgehead atoms. The molecule has 1 saturated heterocycles. The van der Waals surface area contributed by atoms with Crippen LogP contribution in [0.1, 0.15) is 93.9 Å². The highest BCUT2D eigenvalue weighted by molar-refractivity contribution is 6.00. The topological polar surface area (TPSA) is 130 Å². The fourth-order valence-electron chi connectivity index (χ4n) is 8.15. The molecule has 3 fully saturated rings. The molecule has 2 aliphatic carbocycles. The number of likely N-dealkylation sites (tertiary alicyclic amines) is 1. The van der Waals surface area contributed by atoms with Crippen LogP contribution in [0, 0.1) is 5.92 Å². The lowest BCUT2D eigenvalue weighted by molar-refractivity contribution is -0.144. The second-order valence-electron chi connectivity index (χ2n) is 15.2. The van der Waals surface area contributed by atoms with E-state index in [0.717, 1.165) is 37.6 Å². The smallest absolute Gasteiger partial charge is 0.265 e. The van der Waals surface area contributed by atoms with Crippen LogP contribution in [0.2, 0.25) is 0 Å². The van der Waals surface area contributed by atoms with Crippen molar-refractivity contribution in [1.82, 2.24) is 29.3 Å². The lowest BCUT2D eigenvalue weighted by atomic mass is 9.94. The summed E-state index contributed by atoms with van der Waals surface area (Å²) in [7, 11) is 1.58. The highest BCUT2D eigenvalue weighted by atomic mass is 19.3. The van der Waals surface area contributed by atoms with E-state index in [2.05, 4.69) is 9.88 Å². The number of nitrogens with zero attached hydrogens (tertiary/aromatic N) is 5. The Hall–Kier alpha value is -4.10. The van der Waals surface area contributed by atoms with Crippen LogP contribution in [-0.4, -0.2) is 79.7 Å². The number of carbonyl (C=O) groups excluding carboxylic acids is 2. The van der Waals surface area contributed by atoms with Gasteiger partial charge in [0.2, 0.25) is 0 Å². The molecule has 3 aromatic heterocycles. The maximum absolute atomic E-state index is 15.9. The molecule has 2 amide bonds. The molecule has 13 heteroatoms. The number of aromatic nitrogens is 4.